The number of carbonyl (C=O) groups excluding carboxylic acids is 1. The molecule has 5 heteroatoms. The van der Waals surface area contributed by atoms with Crippen LogP contribution in [0.2, 0.25) is 0 Å². The summed E-state index contributed by atoms with van der Waals surface area (Å²) in [6.45, 7) is 7.03. The molecular weight excluding hydrogens is 242 g/mol. The lowest BCUT2D eigenvalue weighted by molar-refractivity contribution is -0.121. The number of aromatic nitrogens is 1. The standard InChI is InChI=1S/C14H21N3O2/c1-3-14(18)15-11(2)12-5-4-6-13(16-12)17-7-9-19-10-8-17/h4-6,11H,3,7-10H2,1-2H3,(H,15,18)/t11-/m1/s1. The number of rotatable bonds is 4. The van der Waals surface area contributed by atoms with Crippen molar-refractivity contribution in [3.8, 4) is 0 Å². The van der Waals surface area contributed by atoms with Crippen LogP contribution in [0, 0.1) is 0 Å². The van der Waals surface area contributed by atoms with E-state index < -0.39 is 0 Å². The van der Waals surface area contributed by atoms with E-state index in [-0.39, 0.29) is 11.9 Å². The molecule has 1 aromatic rings. The Bertz CT molecular complexity index is 430. The second kappa shape index (κ2) is 6.52. The molecule has 1 N–H and O–H groups in total. The Kier molecular flexibility index (Phi) is 4.74. The molecule has 1 aromatic heterocycles. The first-order valence-electron chi connectivity index (χ1n) is 6.79. The van der Waals surface area contributed by atoms with E-state index in [0.29, 0.717) is 6.42 Å². The minimum absolute atomic E-state index is 0.0473. The van der Waals surface area contributed by atoms with Gasteiger partial charge in [0.2, 0.25) is 5.91 Å². The molecular formula is C14H21N3O2. The number of ether oxygens (including phenoxy) is 1. The van der Waals surface area contributed by atoms with Crippen molar-refractivity contribution in [1.29, 1.82) is 0 Å². The highest BCUT2D eigenvalue weighted by molar-refractivity contribution is 5.75. The first kappa shape index (κ1) is 13.8. The zero-order valence-electron chi connectivity index (χ0n) is 11.6. The number of nitrogens with one attached hydrogen (secondary N) is 1. The molecule has 0 aliphatic carbocycles. The normalized spacial score (nSPS) is 17.1. The fourth-order valence-electron chi connectivity index (χ4n) is 2.07. The quantitative estimate of drug-likeness (QED) is 0.894. The first-order chi connectivity index (χ1) is 9.20. The second-order valence-corrected chi connectivity index (χ2v) is 4.66. The number of hydrogen-bond donors (Lipinski definition) is 1. The lowest BCUT2D eigenvalue weighted by Crippen LogP contribution is -2.37. The van der Waals surface area contributed by atoms with E-state index >= 15 is 0 Å². The zero-order valence-corrected chi connectivity index (χ0v) is 11.6. The number of carbonyl (C=O) groups is 1. The van der Waals surface area contributed by atoms with Gasteiger partial charge in [-0.1, -0.05) is 13.0 Å². The summed E-state index contributed by atoms with van der Waals surface area (Å²) in [6.07, 6.45) is 0.494. The maximum Gasteiger partial charge on any atom is 0.220 e. The van der Waals surface area contributed by atoms with E-state index in [4.69, 9.17) is 4.74 Å². The maximum absolute atomic E-state index is 11.4. The van der Waals surface area contributed by atoms with Crippen LogP contribution in [0.1, 0.15) is 32.0 Å². The zero-order chi connectivity index (χ0) is 13.7. The minimum atomic E-state index is -0.0616. The van der Waals surface area contributed by atoms with Crippen molar-refractivity contribution in [2.24, 2.45) is 0 Å². The van der Waals surface area contributed by atoms with Crippen LogP contribution in [-0.2, 0) is 9.53 Å². The molecule has 2 heterocycles. The van der Waals surface area contributed by atoms with Gasteiger partial charge >= 0.3 is 0 Å². The number of anilines is 1. The van der Waals surface area contributed by atoms with Crippen LogP contribution in [0.5, 0.6) is 0 Å². The van der Waals surface area contributed by atoms with Crippen molar-refractivity contribution < 1.29 is 9.53 Å². The molecule has 1 aliphatic heterocycles. The van der Waals surface area contributed by atoms with Crippen LogP contribution in [0.15, 0.2) is 18.2 Å². The van der Waals surface area contributed by atoms with E-state index in [9.17, 15) is 4.79 Å². The highest BCUT2D eigenvalue weighted by Crippen LogP contribution is 2.17. The number of morpholine rings is 1. The van der Waals surface area contributed by atoms with E-state index in [1.807, 2.05) is 32.0 Å². The van der Waals surface area contributed by atoms with Gasteiger partial charge in [0.15, 0.2) is 0 Å². The minimum Gasteiger partial charge on any atom is -0.378 e. The lowest BCUT2D eigenvalue weighted by Gasteiger charge is -2.28. The number of nitrogens with zero attached hydrogens (tertiary/aromatic N) is 2. The molecule has 2 rings (SSSR count). The Morgan fingerprint density at radius 1 is 1.47 bits per heavy atom. The third-order valence-corrected chi connectivity index (χ3v) is 3.23. The molecule has 0 aromatic carbocycles. The van der Waals surface area contributed by atoms with Crippen LogP contribution >= 0.6 is 0 Å². The average molecular weight is 263 g/mol. The molecule has 0 saturated carbocycles. The SMILES string of the molecule is CCC(=O)N[C@H](C)c1cccc(N2CCOCC2)n1. The Morgan fingerprint density at radius 2 is 2.21 bits per heavy atom. The van der Waals surface area contributed by atoms with E-state index in [1.54, 1.807) is 0 Å². The second-order valence-electron chi connectivity index (χ2n) is 4.66. The van der Waals surface area contributed by atoms with Crippen molar-refractivity contribution in [3.05, 3.63) is 23.9 Å². The molecule has 104 valence electrons. The maximum atomic E-state index is 11.4. The molecule has 19 heavy (non-hydrogen) atoms. The highest BCUT2D eigenvalue weighted by Gasteiger charge is 2.15. The van der Waals surface area contributed by atoms with Crippen molar-refractivity contribution >= 4 is 11.7 Å². The van der Waals surface area contributed by atoms with Gasteiger partial charge in [-0.05, 0) is 19.1 Å². The fraction of sp³-hybridized carbons (Fsp3) is 0.571. The van der Waals surface area contributed by atoms with E-state index in [2.05, 4.69) is 15.2 Å². The summed E-state index contributed by atoms with van der Waals surface area (Å²) in [5.74, 6) is 1.00. The first-order valence-corrected chi connectivity index (χ1v) is 6.79. The fourth-order valence-corrected chi connectivity index (χ4v) is 2.07. The van der Waals surface area contributed by atoms with Crippen molar-refractivity contribution in [2.45, 2.75) is 26.3 Å². The Morgan fingerprint density at radius 3 is 2.89 bits per heavy atom. The van der Waals surface area contributed by atoms with Gasteiger partial charge in [0.1, 0.15) is 5.82 Å². The number of amides is 1. The summed E-state index contributed by atoms with van der Waals surface area (Å²) in [5.41, 5.74) is 0.894. The number of hydrogen-bond acceptors (Lipinski definition) is 4. The van der Waals surface area contributed by atoms with Crippen LogP contribution in [0.25, 0.3) is 0 Å². The Labute approximate surface area is 114 Å². The predicted molar refractivity (Wildman–Crippen MR) is 74.1 cm³/mol. The summed E-state index contributed by atoms with van der Waals surface area (Å²) in [6, 6.07) is 5.88. The molecule has 1 fully saturated rings. The van der Waals surface area contributed by atoms with Crippen LogP contribution in [0.4, 0.5) is 5.82 Å². The van der Waals surface area contributed by atoms with Gasteiger partial charge < -0.3 is 15.0 Å². The third-order valence-electron chi connectivity index (χ3n) is 3.23. The summed E-state index contributed by atoms with van der Waals surface area (Å²) in [7, 11) is 0. The van der Waals surface area contributed by atoms with Crippen molar-refractivity contribution in [1.82, 2.24) is 10.3 Å². The molecule has 0 bridgehead atoms. The molecule has 1 aliphatic rings. The van der Waals surface area contributed by atoms with Crippen molar-refractivity contribution in [3.63, 3.8) is 0 Å². The molecule has 1 saturated heterocycles. The van der Waals surface area contributed by atoms with Gasteiger partial charge in [-0.3, -0.25) is 4.79 Å². The van der Waals surface area contributed by atoms with Gasteiger partial charge in [0, 0.05) is 19.5 Å². The molecule has 0 radical (unpaired) electrons. The Balaban J connectivity index is 2.07. The lowest BCUT2D eigenvalue weighted by atomic mass is 10.2. The Hall–Kier alpha value is -1.62. The molecule has 0 spiro atoms. The third kappa shape index (κ3) is 3.67. The largest absolute Gasteiger partial charge is 0.378 e. The van der Waals surface area contributed by atoms with Crippen LogP contribution in [0.3, 0.4) is 0 Å². The summed E-state index contributed by atoms with van der Waals surface area (Å²) in [5, 5.41) is 2.93. The summed E-state index contributed by atoms with van der Waals surface area (Å²) in [4.78, 5) is 18.3. The van der Waals surface area contributed by atoms with Crippen molar-refractivity contribution in [2.75, 3.05) is 31.2 Å². The number of pyridine rings is 1. The average Bonchev–Trinajstić information content (AvgIpc) is 2.48. The summed E-state index contributed by atoms with van der Waals surface area (Å²) >= 11 is 0. The molecule has 1 atom stereocenters. The van der Waals surface area contributed by atoms with E-state index in [1.165, 1.54) is 0 Å². The van der Waals surface area contributed by atoms with Gasteiger partial charge in [-0.25, -0.2) is 4.98 Å². The van der Waals surface area contributed by atoms with Gasteiger partial charge in [-0.2, -0.15) is 0 Å². The summed E-state index contributed by atoms with van der Waals surface area (Å²) < 4.78 is 5.34. The van der Waals surface area contributed by atoms with Crippen LogP contribution in [-0.4, -0.2) is 37.2 Å². The molecule has 5 nitrogen and oxygen atoms in total. The highest BCUT2D eigenvalue weighted by atomic mass is 16.5. The molecule has 0 unspecified atom stereocenters. The molecule has 1 amide bonds. The van der Waals surface area contributed by atoms with Gasteiger partial charge in [0.05, 0.1) is 24.9 Å². The smallest absolute Gasteiger partial charge is 0.220 e. The van der Waals surface area contributed by atoms with Gasteiger partial charge in [0.25, 0.3) is 0 Å². The van der Waals surface area contributed by atoms with E-state index in [0.717, 1.165) is 37.8 Å². The predicted octanol–water partition coefficient (Wildman–Crippen LogP) is 1.51. The van der Waals surface area contributed by atoms with Crippen LogP contribution < -0.4 is 10.2 Å². The monoisotopic (exact) mass is 263 g/mol. The topological polar surface area (TPSA) is 54.5 Å². The van der Waals surface area contributed by atoms with Gasteiger partial charge in [-0.15, -0.1) is 0 Å².